The molecule has 0 radical (unpaired) electrons. The van der Waals surface area contributed by atoms with Crippen LogP contribution in [-0.2, 0) is 14.8 Å². The lowest BCUT2D eigenvalue weighted by Crippen LogP contribution is -2.22. The highest BCUT2D eigenvalue weighted by molar-refractivity contribution is 7.89. The van der Waals surface area contributed by atoms with Crippen molar-refractivity contribution in [2.24, 2.45) is 11.8 Å². The number of rotatable bonds is 4. The molecule has 1 aliphatic rings. The summed E-state index contributed by atoms with van der Waals surface area (Å²) in [6, 6.07) is 6.33. The zero-order valence-electron chi connectivity index (χ0n) is 11.3. The van der Waals surface area contributed by atoms with Crippen molar-refractivity contribution in [3.8, 4) is 0 Å². The van der Waals surface area contributed by atoms with Gasteiger partial charge in [0.05, 0.1) is 4.90 Å². The van der Waals surface area contributed by atoms with Crippen LogP contribution in [0.25, 0.3) is 0 Å². The summed E-state index contributed by atoms with van der Waals surface area (Å²) in [6.45, 7) is 2.02. The van der Waals surface area contributed by atoms with Crippen LogP contribution in [0, 0.1) is 11.8 Å². The van der Waals surface area contributed by atoms with Gasteiger partial charge in [-0.2, -0.15) is 0 Å². The normalized spacial score (nSPS) is 22.3. The fraction of sp³-hybridized carbons (Fsp3) is 0.462. The van der Waals surface area contributed by atoms with E-state index in [4.69, 9.17) is 0 Å². The Balaban J connectivity index is 2.18. The minimum atomic E-state index is -3.47. The SMILES string of the molecule is C[C@H]1C[C@H]1C(=O)Nc1cccc(S(=O)(=O)N(C)C)c1. The fourth-order valence-electron chi connectivity index (χ4n) is 1.87. The molecule has 0 saturated heterocycles. The van der Waals surface area contributed by atoms with E-state index in [1.54, 1.807) is 12.1 Å². The highest BCUT2D eigenvalue weighted by atomic mass is 32.2. The summed E-state index contributed by atoms with van der Waals surface area (Å²) in [5.41, 5.74) is 0.520. The van der Waals surface area contributed by atoms with Crippen molar-refractivity contribution >= 4 is 21.6 Å². The van der Waals surface area contributed by atoms with E-state index < -0.39 is 10.0 Å². The van der Waals surface area contributed by atoms with Gasteiger partial charge in [-0.15, -0.1) is 0 Å². The average molecular weight is 282 g/mol. The lowest BCUT2D eigenvalue weighted by atomic mass is 10.3. The van der Waals surface area contributed by atoms with E-state index >= 15 is 0 Å². The van der Waals surface area contributed by atoms with Crippen molar-refractivity contribution in [2.75, 3.05) is 19.4 Å². The third-order valence-corrected chi connectivity index (χ3v) is 5.14. The second-order valence-electron chi connectivity index (χ2n) is 5.12. The van der Waals surface area contributed by atoms with Crippen LogP contribution < -0.4 is 5.32 Å². The standard InChI is InChI=1S/C13H18N2O3S/c1-9-7-12(9)13(16)14-10-5-4-6-11(8-10)19(17,18)15(2)3/h4-6,8-9,12H,7H2,1-3H3,(H,14,16)/t9-,12+/m0/s1. The lowest BCUT2D eigenvalue weighted by molar-refractivity contribution is -0.117. The van der Waals surface area contributed by atoms with Gasteiger partial charge < -0.3 is 5.32 Å². The molecule has 2 rings (SSSR count). The zero-order chi connectivity index (χ0) is 14.2. The Bertz CT molecular complexity index is 596. The molecule has 19 heavy (non-hydrogen) atoms. The maximum Gasteiger partial charge on any atom is 0.242 e. The molecule has 1 N–H and O–H groups in total. The molecule has 0 spiro atoms. The largest absolute Gasteiger partial charge is 0.326 e. The molecule has 0 unspecified atom stereocenters. The van der Waals surface area contributed by atoms with E-state index in [1.165, 1.54) is 26.2 Å². The van der Waals surface area contributed by atoms with Crippen molar-refractivity contribution in [1.29, 1.82) is 0 Å². The first kappa shape index (κ1) is 14.0. The summed E-state index contributed by atoms with van der Waals surface area (Å²) < 4.78 is 25.1. The number of carbonyl (C=O) groups excluding carboxylic acids is 1. The number of carbonyl (C=O) groups is 1. The van der Waals surface area contributed by atoms with Crippen LogP contribution in [0.2, 0.25) is 0 Å². The molecule has 1 fully saturated rings. The molecule has 1 amide bonds. The first-order chi connectivity index (χ1) is 8.82. The number of benzene rings is 1. The van der Waals surface area contributed by atoms with E-state index in [-0.39, 0.29) is 16.7 Å². The first-order valence-electron chi connectivity index (χ1n) is 6.16. The highest BCUT2D eigenvalue weighted by Crippen LogP contribution is 2.38. The number of sulfonamides is 1. The van der Waals surface area contributed by atoms with Gasteiger partial charge in [-0.3, -0.25) is 4.79 Å². The zero-order valence-corrected chi connectivity index (χ0v) is 12.1. The second kappa shape index (κ2) is 4.94. The smallest absolute Gasteiger partial charge is 0.242 e. The summed E-state index contributed by atoms with van der Waals surface area (Å²) in [6.07, 6.45) is 0.904. The fourth-order valence-corrected chi connectivity index (χ4v) is 2.82. The molecule has 0 aromatic heterocycles. The van der Waals surface area contributed by atoms with Gasteiger partial charge in [0.2, 0.25) is 15.9 Å². The van der Waals surface area contributed by atoms with E-state index in [1.807, 2.05) is 6.92 Å². The van der Waals surface area contributed by atoms with Crippen molar-refractivity contribution in [3.63, 3.8) is 0 Å². The monoisotopic (exact) mass is 282 g/mol. The number of anilines is 1. The Hall–Kier alpha value is -1.40. The van der Waals surface area contributed by atoms with E-state index in [0.717, 1.165) is 10.7 Å². The van der Waals surface area contributed by atoms with Gasteiger partial charge in [0.1, 0.15) is 0 Å². The molecule has 0 bridgehead atoms. The summed E-state index contributed by atoms with van der Waals surface area (Å²) in [5.74, 6) is 0.453. The molecule has 1 aromatic rings. The molecule has 104 valence electrons. The summed E-state index contributed by atoms with van der Waals surface area (Å²) in [4.78, 5) is 12.0. The summed E-state index contributed by atoms with van der Waals surface area (Å²) in [5, 5.41) is 2.76. The van der Waals surface area contributed by atoms with Crippen molar-refractivity contribution < 1.29 is 13.2 Å². The molecule has 6 heteroatoms. The van der Waals surface area contributed by atoms with Crippen LogP contribution in [0.15, 0.2) is 29.2 Å². The Morgan fingerprint density at radius 2 is 2.00 bits per heavy atom. The molecule has 2 atom stereocenters. The van der Waals surface area contributed by atoms with Crippen LogP contribution in [-0.4, -0.2) is 32.7 Å². The van der Waals surface area contributed by atoms with Gasteiger partial charge in [0.15, 0.2) is 0 Å². The topological polar surface area (TPSA) is 66.5 Å². The molecular formula is C13H18N2O3S. The minimum Gasteiger partial charge on any atom is -0.326 e. The van der Waals surface area contributed by atoms with Crippen molar-refractivity contribution in [1.82, 2.24) is 4.31 Å². The molecular weight excluding hydrogens is 264 g/mol. The van der Waals surface area contributed by atoms with Gasteiger partial charge in [0, 0.05) is 25.7 Å². The van der Waals surface area contributed by atoms with Gasteiger partial charge in [-0.25, -0.2) is 12.7 Å². The second-order valence-corrected chi connectivity index (χ2v) is 7.28. The predicted molar refractivity (Wildman–Crippen MR) is 73.2 cm³/mol. The Labute approximate surface area is 113 Å². The average Bonchev–Trinajstić information content (AvgIpc) is 3.06. The van der Waals surface area contributed by atoms with Gasteiger partial charge in [-0.1, -0.05) is 13.0 Å². The minimum absolute atomic E-state index is 0.0353. The van der Waals surface area contributed by atoms with Crippen molar-refractivity contribution in [3.05, 3.63) is 24.3 Å². The van der Waals surface area contributed by atoms with Gasteiger partial charge in [0.25, 0.3) is 0 Å². The summed E-state index contributed by atoms with van der Waals surface area (Å²) >= 11 is 0. The summed E-state index contributed by atoms with van der Waals surface area (Å²) in [7, 11) is -0.511. The molecule has 0 aliphatic heterocycles. The van der Waals surface area contributed by atoms with Crippen molar-refractivity contribution in [2.45, 2.75) is 18.2 Å². The third kappa shape index (κ3) is 2.96. The van der Waals surface area contributed by atoms with E-state index in [0.29, 0.717) is 11.6 Å². The van der Waals surface area contributed by atoms with Crippen LogP contribution in [0.1, 0.15) is 13.3 Å². The number of nitrogens with one attached hydrogen (secondary N) is 1. The predicted octanol–water partition coefficient (Wildman–Crippen LogP) is 1.53. The number of hydrogen-bond acceptors (Lipinski definition) is 3. The number of amides is 1. The van der Waals surface area contributed by atoms with E-state index in [2.05, 4.69) is 5.32 Å². The van der Waals surface area contributed by atoms with Crippen LogP contribution in [0.4, 0.5) is 5.69 Å². The molecule has 1 saturated carbocycles. The van der Waals surface area contributed by atoms with Crippen LogP contribution in [0.5, 0.6) is 0 Å². The Morgan fingerprint density at radius 1 is 1.37 bits per heavy atom. The molecule has 0 heterocycles. The van der Waals surface area contributed by atoms with E-state index in [9.17, 15) is 13.2 Å². The first-order valence-corrected chi connectivity index (χ1v) is 7.60. The Morgan fingerprint density at radius 3 is 2.53 bits per heavy atom. The lowest BCUT2D eigenvalue weighted by Gasteiger charge is -2.12. The third-order valence-electron chi connectivity index (χ3n) is 3.33. The van der Waals surface area contributed by atoms with Crippen LogP contribution in [0.3, 0.4) is 0 Å². The molecule has 1 aliphatic carbocycles. The number of hydrogen-bond donors (Lipinski definition) is 1. The number of nitrogens with zero attached hydrogens (tertiary/aromatic N) is 1. The maximum absolute atomic E-state index is 12.0. The molecule has 1 aromatic carbocycles. The molecule has 5 nitrogen and oxygen atoms in total. The maximum atomic E-state index is 12.0. The quantitative estimate of drug-likeness (QED) is 0.910. The van der Waals surface area contributed by atoms with Crippen LogP contribution >= 0.6 is 0 Å². The van der Waals surface area contributed by atoms with Gasteiger partial charge in [-0.05, 0) is 30.5 Å². The Kier molecular flexibility index (Phi) is 3.64. The van der Waals surface area contributed by atoms with Gasteiger partial charge >= 0.3 is 0 Å². The highest BCUT2D eigenvalue weighted by Gasteiger charge is 2.39.